The lowest BCUT2D eigenvalue weighted by Gasteiger charge is -2.29. The standard InChI is InChI=1S/C24H24F3N3O6.C3H3ClO3/c1-4-15-12-20(31)30(13-14-5-8-17(9-6-14)28-22(32)23(33)35-3)29-21(15)16-7-10-18(34-2)19(11-16)36-24(25,26)27;1-7-3(6)2(4)5/h5-11,15H,4,12-13H2,1-3H3,(H,28,32);1H3. The highest BCUT2D eigenvalue weighted by Gasteiger charge is 2.34. The molecule has 1 aliphatic heterocycles. The first-order valence-electron chi connectivity index (χ1n) is 12.3. The molecule has 0 radical (unpaired) electrons. The van der Waals surface area contributed by atoms with Crippen LogP contribution in [-0.2, 0) is 40.0 Å². The number of nitrogens with one attached hydrogen (secondary N) is 1. The molecule has 43 heavy (non-hydrogen) atoms. The van der Waals surface area contributed by atoms with Crippen molar-refractivity contribution in [1.29, 1.82) is 0 Å². The Morgan fingerprint density at radius 3 is 2.12 bits per heavy atom. The van der Waals surface area contributed by atoms with Crippen LogP contribution in [0.25, 0.3) is 0 Å². The summed E-state index contributed by atoms with van der Waals surface area (Å²) in [7, 11) is 3.41. The Hall–Kier alpha value is -4.66. The van der Waals surface area contributed by atoms with Gasteiger partial charge in [0.25, 0.3) is 0 Å². The van der Waals surface area contributed by atoms with Gasteiger partial charge in [0.2, 0.25) is 5.91 Å². The van der Waals surface area contributed by atoms with Gasteiger partial charge in [-0.3, -0.25) is 14.4 Å². The summed E-state index contributed by atoms with van der Waals surface area (Å²) in [5, 5.41) is 7.01. The van der Waals surface area contributed by atoms with Crippen molar-refractivity contribution in [1.82, 2.24) is 5.01 Å². The molecule has 1 unspecified atom stereocenters. The van der Waals surface area contributed by atoms with Crippen LogP contribution in [-0.4, -0.2) is 67.4 Å². The van der Waals surface area contributed by atoms with E-state index in [2.05, 4.69) is 36.2 Å². The third-order valence-electron chi connectivity index (χ3n) is 5.76. The summed E-state index contributed by atoms with van der Waals surface area (Å²) in [6.45, 7) is 1.95. The summed E-state index contributed by atoms with van der Waals surface area (Å²) in [6, 6.07) is 10.5. The average Bonchev–Trinajstić information content (AvgIpc) is 2.97. The molecule has 1 aliphatic rings. The minimum Gasteiger partial charge on any atom is -0.493 e. The number of hydrogen-bond donors (Lipinski definition) is 1. The van der Waals surface area contributed by atoms with Crippen LogP contribution in [0.1, 0.15) is 30.9 Å². The van der Waals surface area contributed by atoms with E-state index in [1.165, 1.54) is 24.3 Å². The molecule has 0 bridgehead atoms. The lowest BCUT2D eigenvalue weighted by atomic mass is 9.89. The quantitative estimate of drug-likeness (QED) is 0.261. The van der Waals surface area contributed by atoms with Crippen molar-refractivity contribution in [3.63, 3.8) is 0 Å². The molecule has 2 aromatic rings. The van der Waals surface area contributed by atoms with Gasteiger partial charge < -0.3 is 24.3 Å². The summed E-state index contributed by atoms with van der Waals surface area (Å²) in [4.78, 5) is 55.1. The first-order chi connectivity index (χ1) is 20.2. The fraction of sp³-hybridized carbons (Fsp3) is 0.333. The van der Waals surface area contributed by atoms with E-state index >= 15 is 0 Å². The monoisotopic (exact) mass is 629 g/mol. The molecule has 232 valence electrons. The van der Waals surface area contributed by atoms with Gasteiger partial charge in [-0.2, -0.15) is 5.10 Å². The molecular weight excluding hydrogens is 603 g/mol. The highest BCUT2D eigenvalue weighted by Crippen LogP contribution is 2.35. The zero-order valence-electron chi connectivity index (χ0n) is 23.3. The topological polar surface area (TPSA) is 150 Å². The molecule has 1 heterocycles. The smallest absolute Gasteiger partial charge is 0.493 e. The van der Waals surface area contributed by atoms with E-state index in [1.807, 2.05) is 6.92 Å². The number of amides is 2. The number of anilines is 1. The number of nitrogens with zero attached hydrogens (tertiary/aromatic N) is 2. The van der Waals surface area contributed by atoms with Crippen LogP contribution in [0.15, 0.2) is 47.6 Å². The van der Waals surface area contributed by atoms with Crippen LogP contribution in [0, 0.1) is 5.92 Å². The Morgan fingerprint density at radius 1 is 1.00 bits per heavy atom. The Kier molecular flexibility index (Phi) is 12.5. The number of benzene rings is 2. The van der Waals surface area contributed by atoms with Gasteiger partial charge in [0.1, 0.15) is 0 Å². The average molecular weight is 630 g/mol. The number of carbonyl (C=O) groups excluding carboxylic acids is 5. The first kappa shape index (κ1) is 34.5. The van der Waals surface area contributed by atoms with E-state index in [-0.39, 0.29) is 30.5 Å². The summed E-state index contributed by atoms with van der Waals surface area (Å²) >= 11 is 4.61. The maximum atomic E-state index is 12.9. The molecule has 16 heteroatoms. The molecular formula is C27H27ClF3N3O9. The summed E-state index contributed by atoms with van der Waals surface area (Å²) in [5.41, 5.74) is 1.85. The second-order valence-corrected chi connectivity index (χ2v) is 8.91. The van der Waals surface area contributed by atoms with Crippen molar-refractivity contribution in [3.8, 4) is 11.5 Å². The molecule has 0 aromatic heterocycles. The van der Waals surface area contributed by atoms with Gasteiger partial charge in [-0.1, -0.05) is 19.1 Å². The Labute approximate surface area is 248 Å². The molecule has 0 spiro atoms. The Morgan fingerprint density at radius 2 is 1.63 bits per heavy atom. The number of esters is 2. The maximum Gasteiger partial charge on any atom is 0.573 e. The van der Waals surface area contributed by atoms with E-state index < -0.39 is 35.2 Å². The second kappa shape index (κ2) is 15.5. The van der Waals surface area contributed by atoms with Gasteiger partial charge in [0, 0.05) is 23.6 Å². The predicted octanol–water partition coefficient (Wildman–Crippen LogP) is 3.79. The van der Waals surface area contributed by atoms with Gasteiger partial charge in [-0.25, -0.2) is 14.6 Å². The highest BCUT2D eigenvalue weighted by molar-refractivity contribution is 6.80. The third kappa shape index (κ3) is 10.3. The number of carbonyl (C=O) groups is 5. The number of methoxy groups -OCH3 is 3. The van der Waals surface area contributed by atoms with Gasteiger partial charge in [-0.05, 0) is 53.9 Å². The molecule has 0 saturated carbocycles. The summed E-state index contributed by atoms with van der Waals surface area (Å²) in [5.74, 6) is -4.12. The first-order valence-corrected chi connectivity index (χ1v) is 12.7. The molecule has 1 N–H and O–H groups in total. The number of hydrazone groups is 1. The van der Waals surface area contributed by atoms with E-state index in [1.54, 1.807) is 30.3 Å². The van der Waals surface area contributed by atoms with Crippen molar-refractivity contribution in [2.75, 3.05) is 26.6 Å². The lowest BCUT2D eigenvalue weighted by Crippen LogP contribution is -2.36. The predicted molar refractivity (Wildman–Crippen MR) is 145 cm³/mol. The van der Waals surface area contributed by atoms with Crippen LogP contribution in [0.3, 0.4) is 0 Å². The Balaban J connectivity index is 0.000000821. The normalized spacial score (nSPS) is 14.4. The van der Waals surface area contributed by atoms with Crippen LogP contribution >= 0.6 is 11.6 Å². The largest absolute Gasteiger partial charge is 0.573 e. The maximum absolute atomic E-state index is 12.9. The molecule has 1 atom stereocenters. The summed E-state index contributed by atoms with van der Waals surface area (Å²) in [6.07, 6.45) is -4.23. The molecule has 2 aromatic carbocycles. The molecule has 3 rings (SSSR count). The van der Waals surface area contributed by atoms with Gasteiger partial charge in [-0.15, -0.1) is 13.2 Å². The van der Waals surface area contributed by atoms with Crippen LogP contribution < -0.4 is 14.8 Å². The minimum absolute atomic E-state index is 0.0893. The van der Waals surface area contributed by atoms with Crippen molar-refractivity contribution >= 4 is 52.0 Å². The van der Waals surface area contributed by atoms with Crippen LogP contribution in [0.4, 0.5) is 18.9 Å². The fourth-order valence-corrected chi connectivity index (χ4v) is 3.77. The summed E-state index contributed by atoms with van der Waals surface area (Å²) < 4.78 is 56.0. The SMILES string of the molecule is CCC1CC(=O)N(Cc2ccc(NC(=O)C(=O)OC)cc2)N=C1c1ccc(OC)c(OC(F)(F)F)c1.COC(=O)C(=O)Cl. The third-order valence-corrected chi connectivity index (χ3v) is 5.92. The highest BCUT2D eigenvalue weighted by atomic mass is 35.5. The lowest BCUT2D eigenvalue weighted by molar-refractivity contribution is -0.275. The van der Waals surface area contributed by atoms with Crippen LogP contribution in [0.2, 0.25) is 0 Å². The van der Waals surface area contributed by atoms with Gasteiger partial charge >= 0.3 is 29.5 Å². The number of halogens is 4. The van der Waals surface area contributed by atoms with Crippen molar-refractivity contribution in [2.24, 2.45) is 11.0 Å². The van der Waals surface area contributed by atoms with Gasteiger partial charge in [0.15, 0.2) is 11.5 Å². The Bertz CT molecular complexity index is 1380. The number of hydrogen-bond acceptors (Lipinski definition) is 10. The molecule has 0 saturated heterocycles. The molecule has 0 aliphatic carbocycles. The van der Waals surface area contributed by atoms with E-state index in [0.29, 0.717) is 28.9 Å². The van der Waals surface area contributed by atoms with Crippen molar-refractivity contribution in [3.05, 3.63) is 53.6 Å². The second-order valence-electron chi connectivity index (χ2n) is 8.57. The number of ether oxygens (including phenoxy) is 4. The molecule has 12 nitrogen and oxygen atoms in total. The van der Waals surface area contributed by atoms with E-state index in [9.17, 15) is 37.1 Å². The zero-order chi connectivity index (χ0) is 32.3. The van der Waals surface area contributed by atoms with E-state index in [4.69, 9.17) is 4.74 Å². The van der Waals surface area contributed by atoms with Crippen molar-refractivity contribution in [2.45, 2.75) is 32.7 Å². The van der Waals surface area contributed by atoms with Gasteiger partial charge in [0.05, 0.1) is 33.6 Å². The fourth-order valence-electron chi connectivity index (χ4n) is 3.70. The molecule has 0 fully saturated rings. The number of rotatable bonds is 8. The van der Waals surface area contributed by atoms with Crippen LogP contribution in [0.5, 0.6) is 11.5 Å². The number of alkyl halides is 3. The van der Waals surface area contributed by atoms with Crippen molar-refractivity contribution < 1.29 is 56.1 Å². The minimum atomic E-state index is -4.91. The zero-order valence-corrected chi connectivity index (χ0v) is 24.1. The molecule has 2 amide bonds. The van der Waals surface area contributed by atoms with E-state index in [0.717, 1.165) is 14.2 Å².